The number of halogens is 2. The van der Waals surface area contributed by atoms with Crippen LogP contribution in [-0.2, 0) is 0 Å². The fourth-order valence-corrected chi connectivity index (χ4v) is 2.68. The largest absolute Gasteiger partial charge is 0.397 e. The highest BCUT2D eigenvalue weighted by atomic mass is 35.5. The lowest BCUT2D eigenvalue weighted by molar-refractivity contribution is 0.530. The van der Waals surface area contributed by atoms with E-state index in [1.54, 1.807) is 6.07 Å². The van der Waals surface area contributed by atoms with Crippen molar-refractivity contribution < 1.29 is 4.39 Å². The summed E-state index contributed by atoms with van der Waals surface area (Å²) in [5, 5.41) is 0.146. The number of benzene rings is 1. The van der Waals surface area contributed by atoms with Gasteiger partial charge in [0.1, 0.15) is 5.82 Å². The Kier molecular flexibility index (Phi) is 3.77. The highest BCUT2D eigenvalue weighted by Gasteiger charge is 2.23. The molecular weight excluding hydrogens is 239 g/mol. The van der Waals surface area contributed by atoms with Gasteiger partial charge in [-0.3, -0.25) is 0 Å². The fraction of sp³-hybridized carbons (Fsp3) is 0.538. The lowest BCUT2D eigenvalue weighted by Gasteiger charge is -2.21. The number of anilines is 2. The number of nitrogens with two attached hydrogens (primary N) is 1. The van der Waals surface area contributed by atoms with Crippen molar-refractivity contribution in [2.75, 3.05) is 23.7 Å². The smallest absolute Gasteiger partial charge is 0.143 e. The molecule has 1 atom stereocenters. The zero-order chi connectivity index (χ0) is 12.4. The standard InChI is InChI=1S/C13H18ClFN2/c1-2-3-9-4-5-17(8-9)13-6-10(14)11(15)7-12(13)16/h6-7,9H,2-5,8,16H2,1H3. The second-order valence-electron chi connectivity index (χ2n) is 4.71. The van der Waals surface area contributed by atoms with Crippen LogP contribution in [0.3, 0.4) is 0 Å². The van der Waals surface area contributed by atoms with E-state index in [1.807, 2.05) is 0 Å². The summed E-state index contributed by atoms with van der Waals surface area (Å²) in [6.07, 6.45) is 3.63. The molecule has 2 N–H and O–H groups in total. The third-order valence-corrected chi connectivity index (χ3v) is 3.68. The number of hydrogen-bond donors (Lipinski definition) is 1. The Balaban J connectivity index is 2.16. The van der Waals surface area contributed by atoms with E-state index in [2.05, 4.69) is 11.8 Å². The second kappa shape index (κ2) is 5.13. The lowest BCUT2D eigenvalue weighted by atomic mass is 10.0. The Morgan fingerprint density at radius 2 is 2.29 bits per heavy atom. The van der Waals surface area contributed by atoms with E-state index < -0.39 is 5.82 Å². The molecular formula is C13H18ClFN2. The average molecular weight is 257 g/mol. The van der Waals surface area contributed by atoms with Crippen LogP contribution in [0.1, 0.15) is 26.2 Å². The molecule has 1 aromatic carbocycles. The van der Waals surface area contributed by atoms with Crippen LogP contribution in [0.5, 0.6) is 0 Å². The summed E-state index contributed by atoms with van der Waals surface area (Å²) in [6, 6.07) is 2.95. The minimum Gasteiger partial charge on any atom is -0.397 e. The van der Waals surface area contributed by atoms with Crippen LogP contribution in [0.15, 0.2) is 12.1 Å². The van der Waals surface area contributed by atoms with Gasteiger partial charge in [0, 0.05) is 19.2 Å². The van der Waals surface area contributed by atoms with Gasteiger partial charge in [0.05, 0.1) is 16.4 Å². The van der Waals surface area contributed by atoms with Gasteiger partial charge in [0.25, 0.3) is 0 Å². The molecule has 2 rings (SSSR count). The highest BCUT2D eigenvalue weighted by Crippen LogP contribution is 2.33. The van der Waals surface area contributed by atoms with Crippen LogP contribution in [0.4, 0.5) is 15.8 Å². The lowest BCUT2D eigenvalue weighted by Crippen LogP contribution is -2.21. The van der Waals surface area contributed by atoms with Gasteiger partial charge >= 0.3 is 0 Å². The van der Waals surface area contributed by atoms with Crippen LogP contribution in [0.2, 0.25) is 5.02 Å². The normalized spacial score (nSPS) is 19.9. The molecule has 1 aromatic rings. The minimum absolute atomic E-state index is 0.146. The molecule has 0 bridgehead atoms. The number of rotatable bonds is 3. The monoisotopic (exact) mass is 256 g/mol. The van der Waals surface area contributed by atoms with Crippen LogP contribution >= 0.6 is 11.6 Å². The minimum atomic E-state index is -0.447. The molecule has 1 aliphatic rings. The molecule has 2 nitrogen and oxygen atoms in total. The Morgan fingerprint density at radius 1 is 1.53 bits per heavy atom. The van der Waals surface area contributed by atoms with Gasteiger partial charge in [-0.2, -0.15) is 0 Å². The predicted octanol–water partition coefficient (Wildman–Crippen LogP) is 3.69. The van der Waals surface area contributed by atoms with E-state index in [4.69, 9.17) is 17.3 Å². The van der Waals surface area contributed by atoms with Crippen molar-refractivity contribution in [3.05, 3.63) is 23.0 Å². The molecule has 4 heteroatoms. The van der Waals surface area contributed by atoms with Crippen molar-refractivity contribution in [2.24, 2.45) is 5.92 Å². The summed E-state index contributed by atoms with van der Waals surface area (Å²) in [5.74, 6) is 0.278. The third-order valence-electron chi connectivity index (χ3n) is 3.39. The van der Waals surface area contributed by atoms with Gasteiger partial charge in [-0.25, -0.2) is 4.39 Å². The first-order valence-corrected chi connectivity index (χ1v) is 6.49. The summed E-state index contributed by atoms with van der Waals surface area (Å²) in [6.45, 7) is 4.18. The molecule has 1 aliphatic heterocycles. The maximum Gasteiger partial charge on any atom is 0.143 e. The van der Waals surface area contributed by atoms with E-state index >= 15 is 0 Å². The topological polar surface area (TPSA) is 29.3 Å². The Labute approximate surface area is 107 Å². The van der Waals surface area contributed by atoms with Gasteiger partial charge in [-0.15, -0.1) is 0 Å². The quantitative estimate of drug-likeness (QED) is 0.836. The molecule has 0 aromatic heterocycles. The molecule has 1 heterocycles. The van der Waals surface area contributed by atoms with Crippen molar-refractivity contribution in [2.45, 2.75) is 26.2 Å². The van der Waals surface area contributed by atoms with Crippen molar-refractivity contribution >= 4 is 23.0 Å². The van der Waals surface area contributed by atoms with Crippen molar-refractivity contribution in [3.8, 4) is 0 Å². The van der Waals surface area contributed by atoms with E-state index in [0.717, 1.165) is 24.7 Å². The first kappa shape index (κ1) is 12.5. The molecule has 1 fully saturated rings. The fourth-order valence-electron chi connectivity index (χ4n) is 2.52. The third kappa shape index (κ3) is 2.65. The zero-order valence-corrected chi connectivity index (χ0v) is 10.8. The van der Waals surface area contributed by atoms with Crippen LogP contribution in [-0.4, -0.2) is 13.1 Å². The first-order valence-electron chi connectivity index (χ1n) is 6.11. The Hall–Kier alpha value is -0.960. The number of hydrogen-bond acceptors (Lipinski definition) is 2. The molecule has 0 amide bonds. The van der Waals surface area contributed by atoms with E-state index in [-0.39, 0.29) is 5.02 Å². The van der Waals surface area contributed by atoms with Crippen LogP contribution in [0.25, 0.3) is 0 Å². The zero-order valence-electron chi connectivity index (χ0n) is 10.0. The average Bonchev–Trinajstić information content (AvgIpc) is 2.72. The highest BCUT2D eigenvalue weighted by molar-refractivity contribution is 6.31. The van der Waals surface area contributed by atoms with Gasteiger partial charge in [0.15, 0.2) is 0 Å². The number of nitrogens with zero attached hydrogens (tertiary/aromatic N) is 1. The molecule has 1 saturated heterocycles. The van der Waals surface area contributed by atoms with Gasteiger partial charge < -0.3 is 10.6 Å². The maximum atomic E-state index is 13.2. The van der Waals surface area contributed by atoms with Crippen molar-refractivity contribution in [1.82, 2.24) is 0 Å². The van der Waals surface area contributed by atoms with Crippen LogP contribution < -0.4 is 10.6 Å². The molecule has 1 unspecified atom stereocenters. The summed E-state index contributed by atoms with van der Waals surface area (Å²) in [4.78, 5) is 2.21. The maximum absolute atomic E-state index is 13.2. The van der Waals surface area contributed by atoms with Gasteiger partial charge in [-0.1, -0.05) is 24.9 Å². The SMILES string of the molecule is CCCC1CCN(c2cc(Cl)c(F)cc2N)C1. The summed E-state index contributed by atoms with van der Waals surface area (Å²) in [5.41, 5.74) is 7.20. The molecule has 94 valence electrons. The van der Waals surface area contributed by atoms with Crippen LogP contribution in [0, 0.1) is 11.7 Å². The van der Waals surface area contributed by atoms with E-state index in [1.165, 1.54) is 25.3 Å². The van der Waals surface area contributed by atoms with E-state index in [0.29, 0.717) is 5.69 Å². The predicted molar refractivity (Wildman–Crippen MR) is 71.1 cm³/mol. The number of nitrogen functional groups attached to an aromatic ring is 1. The molecule has 17 heavy (non-hydrogen) atoms. The Bertz CT molecular complexity index is 409. The molecule has 0 spiro atoms. The van der Waals surface area contributed by atoms with Gasteiger partial charge in [-0.05, 0) is 24.8 Å². The van der Waals surface area contributed by atoms with E-state index in [9.17, 15) is 4.39 Å². The first-order chi connectivity index (χ1) is 8.11. The summed E-state index contributed by atoms with van der Waals surface area (Å²) >= 11 is 5.80. The molecule has 0 radical (unpaired) electrons. The second-order valence-corrected chi connectivity index (χ2v) is 5.12. The Morgan fingerprint density at radius 3 is 3.00 bits per heavy atom. The summed E-state index contributed by atoms with van der Waals surface area (Å²) in [7, 11) is 0. The van der Waals surface area contributed by atoms with Crippen molar-refractivity contribution in [3.63, 3.8) is 0 Å². The van der Waals surface area contributed by atoms with Gasteiger partial charge in [0.2, 0.25) is 0 Å². The summed E-state index contributed by atoms with van der Waals surface area (Å²) < 4.78 is 13.2. The van der Waals surface area contributed by atoms with Crippen molar-refractivity contribution in [1.29, 1.82) is 0 Å². The molecule has 0 saturated carbocycles. The molecule has 0 aliphatic carbocycles.